The number of nitrogens with zero attached hydrogens (tertiary/aromatic N) is 5. The van der Waals surface area contributed by atoms with E-state index in [1.165, 1.54) is 348 Å². The van der Waals surface area contributed by atoms with E-state index in [9.17, 15) is 0 Å². The molecule has 2 atom stereocenters. The molecule has 646 valence electrons. The number of hydrogen-bond donors (Lipinski definition) is 0. The van der Waals surface area contributed by atoms with Crippen molar-refractivity contribution in [1.29, 1.82) is 0 Å². The van der Waals surface area contributed by atoms with Crippen LogP contribution in [0, 0.1) is 11.8 Å². The predicted molar refractivity (Wildman–Crippen MR) is 503 cm³/mol. The summed E-state index contributed by atoms with van der Waals surface area (Å²) in [6.45, 7) is 24.3. The number of hydrogen-bond acceptors (Lipinski definition) is 10. The number of aryl methyl sites for hydroxylation is 1. The minimum absolute atomic E-state index is 0.628. The molecule has 4 heterocycles. The van der Waals surface area contributed by atoms with E-state index in [2.05, 4.69) is 126 Å². The highest BCUT2D eigenvalue weighted by Crippen LogP contribution is 2.48. The second kappa shape index (κ2) is 62.2. The van der Waals surface area contributed by atoms with E-state index in [1.807, 2.05) is 22.7 Å². The van der Waals surface area contributed by atoms with Crippen LogP contribution in [0.5, 0.6) is 23.0 Å². The first-order valence-corrected chi connectivity index (χ1v) is 51.1. The second-order valence-electron chi connectivity index (χ2n) is 34.9. The van der Waals surface area contributed by atoms with E-state index in [-0.39, 0.29) is 0 Å². The van der Waals surface area contributed by atoms with Gasteiger partial charge in [0.15, 0.2) is 23.0 Å². The van der Waals surface area contributed by atoms with E-state index < -0.39 is 0 Å². The Hall–Kier alpha value is -5.00. The minimum Gasteiger partial charge on any atom is -0.490 e. The quantitative estimate of drug-likeness (QED) is 0.0348. The number of ether oxygens (including phenoxy) is 4. The Morgan fingerprint density at radius 2 is 0.557 bits per heavy atom. The van der Waals surface area contributed by atoms with Crippen molar-refractivity contribution in [2.45, 2.75) is 454 Å². The van der Waals surface area contributed by atoms with Crippen LogP contribution < -0.4 is 18.9 Å². The number of thiophene rings is 2. The lowest BCUT2D eigenvalue weighted by molar-refractivity contribution is 0.258. The average Bonchev–Trinajstić information content (AvgIpc) is 1.66. The molecular weight excluding hydrogens is 1450 g/mol. The molecular formula is C104H169N5O4S2. The maximum atomic E-state index is 7.09. The summed E-state index contributed by atoms with van der Waals surface area (Å²) in [5.41, 5.74) is 11.9. The van der Waals surface area contributed by atoms with E-state index in [0.717, 1.165) is 143 Å². The summed E-state index contributed by atoms with van der Waals surface area (Å²) >= 11 is 3.70. The van der Waals surface area contributed by atoms with Crippen LogP contribution in [0.15, 0.2) is 59.3 Å². The molecule has 0 saturated heterocycles. The molecule has 3 aromatic carbocycles. The number of unbranched alkanes of at least 4 members (excludes halogenated alkanes) is 47. The normalized spacial score (nSPS) is 12.3. The van der Waals surface area contributed by atoms with Crippen molar-refractivity contribution >= 4 is 44.7 Å². The molecule has 11 heteroatoms. The van der Waals surface area contributed by atoms with Gasteiger partial charge in [0.2, 0.25) is 0 Å². The highest BCUT2D eigenvalue weighted by molar-refractivity contribution is 7.14. The zero-order chi connectivity index (χ0) is 81.2. The molecule has 2 unspecified atom stereocenters. The highest BCUT2D eigenvalue weighted by Gasteiger charge is 2.29. The van der Waals surface area contributed by atoms with Crippen LogP contribution in [-0.4, -0.2) is 51.4 Å². The smallest absolute Gasteiger partial charge is 0.161 e. The molecule has 115 heavy (non-hydrogen) atoms. The van der Waals surface area contributed by atoms with Crippen molar-refractivity contribution in [2.75, 3.05) is 26.4 Å². The van der Waals surface area contributed by atoms with Gasteiger partial charge >= 0.3 is 0 Å². The zero-order valence-electron chi connectivity index (χ0n) is 75.6. The van der Waals surface area contributed by atoms with Gasteiger partial charge in [0, 0.05) is 32.0 Å². The molecule has 0 N–H and O–H groups in total. The van der Waals surface area contributed by atoms with Crippen molar-refractivity contribution in [3.8, 4) is 66.4 Å². The number of fused-ring (bicyclic) bond motifs is 2. The Morgan fingerprint density at radius 1 is 0.287 bits per heavy atom. The van der Waals surface area contributed by atoms with Crippen molar-refractivity contribution in [1.82, 2.24) is 25.0 Å². The van der Waals surface area contributed by atoms with Gasteiger partial charge in [-0.25, -0.2) is 9.97 Å². The zero-order valence-corrected chi connectivity index (χ0v) is 77.2. The Labute approximate surface area is 713 Å². The molecule has 0 aliphatic carbocycles. The Bertz CT molecular complexity index is 3350. The fraction of sp³-hybridized carbons (Fsp3) is 0.731. The van der Waals surface area contributed by atoms with Crippen LogP contribution in [0.2, 0.25) is 0 Å². The Morgan fingerprint density at radius 3 is 0.843 bits per heavy atom. The highest BCUT2D eigenvalue weighted by atomic mass is 32.1. The third-order valence-electron chi connectivity index (χ3n) is 24.6. The molecule has 0 saturated carbocycles. The Kier molecular flexibility index (Phi) is 52.5. The van der Waals surface area contributed by atoms with Crippen molar-refractivity contribution in [3.05, 3.63) is 70.4 Å². The van der Waals surface area contributed by atoms with Crippen LogP contribution in [0.4, 0.5) is 0 Å². The molecule has 7 aromatic rings. The molecule has 0 radical (unpaired) electrons. The third-order valence-corrected chi connectivity index (χ3v) is 26.6. The van der Waals surface area contributed by atoms with Crippen molar-refractivity contribution < 1.29 is 18.9 Å². The molecule has 0 amide bonds. The van der Waals surface area contributed by atoms with Gasteiger partial charge in [0.25, 0.3) is 0 Å². The SMILES string of the molecule is CCCCCCCCCCCCOc1ccc(-c2nc3c(-c4cc(CC(CC)CCCC)cs4)c4nn(CCCCCCCCCCCC)nc4c(-c4cc(CC(CC)CCCC)cs4)c3nc2-c2ccc(OCCCCCCCCCCCC)c(OCCCCCCCCCCCC)c2)cc1OCCCCCCCCCCCC. The van der Waals surface area contributed by atoms with Crippen LogP contribution >= 0.6 is 22.7 Å². The lowest BCUT2D eigenvalue weighted by atomic mass is 9.92. The molecule has 0 aliphatic heterocycles. The average molecular weight is 1620 g/mol. The van der Waals surface area contributed by atoms with Crippen LogP contribution in [0.1, 0.15) is 446 Å². The molecule has 9 nitrogen and oxygen atoms in total. The first-order chi connectivity index (χ1) is 56.8. The lowest BCUT2D eigenvalue weighted by Gasteiger charge is -2.19. The standard InChI is InChI=1S/C104H169N5O4S2/c1-10-19-26-31-36-41-46-51-56-61-72-109-107-103-97(95-79-87(83-114-95)77-85(17-8)66-24-15-6)101-102(98(104(103)108-109)96-80-88(84-115-96)78-86(18-9)67-25-16-7)106-100(90-69-71-92(111-74-63-58-53-48-43-38-33-28-21-12-3)94(82-90)113-76-65-60-55-50-45-40-35-30-23-14-5)99(105-101)89-68-70-91(110-73-62-57-52-47-42-37-32-27-20-11-2)93(81-89)112-75-64-59-54-49-44-39-34-29-22-13-4/h68-71,79-86H,10-67,72-78H2,1-9H3. The van der Waals surface area contributed by atoms with Crippen molar-refractivity contribution in [2.24, 2.45) is 11.8 Å². The lowest BCUT2D eigenvalue weighted by Crippen LogP contribution is -2.05. The number of aromatic nitrogens is 5. The maximum Gasteiger partial charge on any atom is 0.161 e. The third kappa shape index (κ3) is 37.3. The largest absolute Gasteiger partial charge is 0.490 e. The second-order valence-corrected chi connectivity index (χ2v) is 36.7. The maximum absolute atomic E-state index is 7.09. The van der Waals surface area contributed by atoms with Gasteiger partial charge in [-0.15, -0.1) is 22.7 Å². The predicted octanol–water partition coefficient (Wildman–Crippen LogP) is 34.8. The topological polar surface area (TPSA) is 93.4 Å². The van der Waals surface area contributed by atoms with Gasteiger partial charge in [-0.1, -0.05) is 403 Å². The summed E-state index contributed by atoms with van der Waals surface area (Å²) in [7, 11) is 0. The van der Waals surface area contributed by atoms with Gasteiger partial charge in [-0.05, 0) is 127 Å². The van der Waals surface area contributed by atoms with Gasteiger partial charge in [-0.2, -0.15) is 15.0 Å². The molecule has 0 spiro atoms. The van der Waals surface area contributed by atoms with E-state index in [1.54, 1.807) is 0 Å². The van der Waals surface area contributed by atoms with Gasteiger partial charge in [-0.3, -0.25) is 0 Å². The van der Waals surface area contributed by atoms with Gasteiger partial charge in [0.05, 0.1) is 44.4 Å². The van der Waals surface area contributed by atoms with E-state index in [4.69, 9.17) is 39.1 Å². The Balaban J connectivity index is 1.41. The number of rotatable bonds is 75. The summed E-state index contributed by atoms with van der Waals surface area (Å²) < 4.78 is 28.0. The van der Waals surface area contributed by atoms with Crippen LogP contribution in [0.3, 0.4) is 0 Å². The summed E-state index contributed by atoms with van der Waals surface area (Å²) in [5, 5.41) is 16.3. The monoisotopic (exact) mass is 1620 g/mol. The van der Waals surface area contributed by atoms with Gasteiger partial charge in [0.1, 0.15) is 22.1 Å². The first-order valence-electron chi connectivity index (χ1n) is 49.4. The van der Waals surface area contributed by atoms with Crippen molar-refractivity contribution in [3.63, 3.8) is 0 Å². The molecule has 0 fully saturated rings. The molecule has 0 bridgehead atoms. The summed E-state index contributed by atoms with van der Waals surface area (Å²) in [6.07, 6.45) is 75.9. The summed E-state index contributed by atoms with van der Waals surface area (Å²) in [6, 6.07) is 18.3. The van der Waals surface area contributed by atoms with Gasteiger partial charge < -0.3 is 18.9 Å². The number of benzene rings is 3. The van der Waals surface area contributed by atoms with E-state index >= 15 is 0 Å². The fourth-order valence-corrected chi connectivity index (χ4v) is 19.0. The van der Waals surface area contributed by atoms with Crippen LogP contribution in [-0.2, 0) is 19.4 Å². The van der Waals surface area contributed by atoms with E-state index in [0.29, 0.717) is 38.3 Å². The molecule has 7 rings (SSSR count). The first kappa shape index (κ1) is 97.1. The summed E-state index contributed by atoms with van der Waals surface area (Å²) in [5.74, 6) is 4.43. The summed E-state index contributed by atoms with van der Waals surface area (Å²) in [4.78, 5) is 16.9. The fourth-order valence-electron chi connectivity index (χ4n) is 17.0. The minimum atomic E-state index is 0.628. The van der Waals surface area contributed by atoms with Crippen LogP contribution in [0.25, 0.3) is 65.5 Å². The molecule has 0 aliphatic rings. The molecule has 4 aromatic heterocycles.